The van der Waals surface area contributed by atoms with Crippen molar-refractivity contribution in [1.82, 2.24) is 20.1 Å². The van der Waals surface area contributed by atoms with Gasteiger partial charge in [-0.2, -0.15) is 0 Å². The molecular weight excluding hydrogens is 344 g/mol. The first-order valence-electron chi connectivity index (χ1n) is 10.1. The number of aromatic nitrogens is 1. The van der Waals surface area contributed by atoms with Gasteiger partial charge >= 0.3 is 0 Å². The van der Waals surface area contributed by atoms with Gasteiger partial charge in [0.25, 0.3) is 11.5 Å². The van der Waals surface area contributed by atoms with Crippen molar-refractivity contribution in [2.24, 2.45) is 0 Å². The van der Waals surface area contributed by atoms with Crippen molar-refractivity contribution in [2.75, 3.05) is 32.8 Å². The van der Waals surface area contributed by atoms with E-state index in [1.54, 1.807) is 4.57 Å². The maximum atomic E-state index is 13.0. The first-order valence-corrected chi connectivity index (χ1v) is 10.1. The summed E-state index contributed by atoms with van der Waals surface area (Å²) < 4.78 is 7.50. The number of ether oxygens (including phenoxy) is 1. The number of rotatable bonds is 3. The molecule has 1 aromatic heterocycles. The summed E-state index contributed by atoms with van der Waals surface area (Å²) in [5, 5.41) is 6.44. The van der Waals surface area contributed by atoms with Gasteiger partial charge < -0.3 is 19.9 Å². The molecule has 0 spiro atoms. The van der Waals surface area contributed by atoms with E-state index in [0.717, 1.165) is 57.6 Å². The summed E-state index contributed by atoms with van der Waals surface area (Å²) in [6.07, 6.45) is 4.80. The summed E-state index contributed by atoms with van der Waals surface area (Å²) in [6.45, 7) is 8.21. The van der Waals surface area contributed by atoms with Crippen molar-refractivity contribution in [3.8, 4) is 0 Å². The molecule has 1 amide bonds. The summed E-state index contributed by atoms with van der Waals surface area (Å²) in [7, 11) is 0. The van der Waals surface area contributed by atoms with Gasteiger partial charge in [-0.1, -0.05) is 0 Å². The Bertz CT molecular complexity index is 756. The SMILES string of the molecule is Cc1ccn(C2CCNCC2)c(=O)c1C(=O)N[C@H]1C[C@H]2CO[C@H](C)CN2C1. The highest BCUT2D eigenvalue weighted by Gasteiger charge is 2.37. The molecular formula is C20H30N4O3. The number of hydrogen-bond acceptors (Lipinski definition) is 5. The molecule has 3 fully saturated rings. The molecule has 4 rings (SSSR count). The maximum absolute atomic E-state index is 13.0. The predicted molar refractivity (Wildman–Crippen MR) is 103 cm³/mol. The van der Waals surface area contributed by atoms with Crippen molar-refractivity contribution in [1.29, 1.82) is 0 Å². The molecule has 0 aromatic carbocycles. The van der Waals surface area contributed by atoms with E-state index in [1.807, 2.05) is 19.2 Å². The number of morpholine rings is 1. The van der Waals surface area contributed by atoms with E-state index in [-0.39, 0.29) is 29.7 Å². The largest absolute Gasteiger partial charge is 0.376 e. The highest BCUT2D eigenvalue weighted by atomic mass is 16.5. The van der Waals surface area contributed by atoms with Crippen LogP contribution in [0.1, 0.15) is 48.1 Å². The van der Waals surface area contributed by atoms with Gasteiger partial charge in [-0.15, -0.1) is 0 Å². The lowest BCUT2D eigenvalue weighted by Gasteiger charge is -2.33. The van der Waals surface area contributed by atoms with Crippen molar-refractivity contribution in [3.63, 3.8) is 0 Å². The standard InChI is InChI=1S/C20H30N4O3/c1-13-5-8-24(16-3-6-21-7-4-16)20(26)18(13)19(25)22-15-9-17-12-27-14(2)10-23(17)11-15/h5,8,14-17,21H,3-4,6-7,9-12H2,1-2H3,(H,22,25)/t14-,15+,17+/m1/s1. The first kappa shape index (κ1) is 18.7. The molecule has 3 aliphatic rings. The van der Waals surface area contributed by atoms with Crippen LogP contribution in [-0.2, 0) is 4.74 Å². The number of carbonyl (C=O) groups excluding carboxylic acids is 1. The van der Waals surface area contributed by atoms with Crippen LogP contribution in [0.4, 0.5) is 0 Å². The molecule has 0 bridgehead atoms. The highest BCUT2D eigenvalue weighted by Crippen LogP contribution is 2.23. The highest BCUT2D eigenvalue weighted by molar-refractivity contribution is 5.95. The third-order valence-corrected chi connectivity index (χ3v) is 6.18. The van der Waals surface area contributed by atoms with Crippen LogP contribution in [0.25, 0.3) is 0 Å². The quantitative estimate of drug-likeness (QED) is 0.814. The van der Waals surface area contributed by atoms with E-state index in [1.165, 1.54) is 0 Å². The zero-order chi connectivity index (χ0) is 19.0. The Morgan fingerprint density at radius 3 is 2.81 bits per heavy atom. The van der Waals surface area contributed by atoms with Gasteiger partial charge in [-0.3, -0.25) is 14.5 Å². The van der Waals surface area contributed by atoms with Gasteiger partial charge in [0.05, 0.1) is 12.7 Å². The lowest BCUT2D eigenvalue weighted by atomic mass is 10.0. The van der Waals surface area contributed by atoms with Crippen LogP contribution in [0.15, 0.2) is 17.1 Å². The molecule has 7 nitrogen and oxygen atoms in total. The number of carbonyl (C=O) groups is 1. The Hall–Kier alpha value is -1.70. The Morgan fingerprint density at radius 1 is 1.26 bits per heavy atom. The topological polar surface area (TPSA) is 75.6 Å². The van der Waals surface area contributed by atoms with E-state index in [4.69, 9.17) is 4.74 Å². The zero-order valence-electron chi connectivity index (χ0n) is 16.2. The van der Waals surface area contributed by atoms with E-state index in [2.05, 4.69) is 22.5 Å². The molecule has 27 heavy (non-hydrogen) atoms. The molecule has 0 radical (unpaired) electrons. The maximum Gasteiger partial charge on any atom is 0.263 e. The molecule has 0 saturated carbocycles. The number of nitrogens with one attached hydrogen (secondary N) is 2. The minimum absolute atomic E-state index is 0.0720. The number of fused-ring (bicyclic) bond motifs is 1. The molecule has 7 heteroatoms. The van der Waals surface area contributed by atoms with Gasteiger partial charge in [0.15, 0.2) is 0 Å². The molecule has 1 aromatic rings. The van der Waals surface area contributed by atoms with E-state index in [0.29, 0.717) is 11.6 Å². The minimum Gasteiger partial charge on any atom is -0.376 e. The van der Waals surface area contributed by atoms with Crippen LogP contribution in [0.3, 0.4) is 0 Å². The van der Waals surface area contributed by atoms with Crippen LogP contribution in [0, 0.1) is 6.92 Å². The fourth-order valence-corrected chi connectivity index (χ4v) is 4.69. The second-order valence-electron chi connectivity index (χ2n) is 8.23. The van der Waals surface area contributed by atoms with E-state index >= 15 is 0 Å². The fourth-order valence-electron chi connectivity index (χ4n) is 4.69. The molecule has 0 unspecified atom stereocenters. The zero-order valence-corrected chi connectivity index (χ0v) is 16.2. The second kappa shape index (κ2) is 7.73. The smallest absolute Gasteiger partial charge is 0.263 e. The molecule has 0 aliphatic carbocycles. The Balaban J connectivity index is 1.49. The van der Waals surface area contributed by atoms with E-state index in [9.17, 15) is 9.59 Å². The van der Waals surface area contributed by atoms with Gasteiger partial charge in [0, 0.05) is 37.4 Å². The normalized spacial score (nSPS) is 29.5. The van der Waals surface area contributed by atoms with Gasteiger partial charge in [-0.25, -0.2) is 0 Å². The van der Waals surface area contributed by atoms with Crippen LogP contribution in [0.5, 0.6) is 0 Å². The molecule has 148 valence electrons. The number of aryl methyl sites for hydroxylation is 1. The number of amides is 1. The lowest BCUT2D eigenvalue weighted by molar-refractivity contribution is -0.0390. The summed E-state index contributed by atoms with van der Waals surface area (Å²) >= 11 is 0. The third kappa shape index (κ3) is 3.81. The van der Waals surface area contributed by atoms with Crippen molar-refractivity contribution < 1.29 is 9.53 Å². The van der Waals surface area contributed by atoms with Crippen LogP contribution < -0.4 is 16.2 Å². The van der Waals surface area contributed by atoms with Gasteiger partial charge in [0.1, 0.15) is 5.56 Å². The fraction of sp³-hybridized carbons (Fsp3) is 0.700. The van der Waals surface area contributed by atoms with Gasteiger partial charge in [0.2, 0.25) is 0 Å². The van der Waals surface area contributed by atoms with E-state index < -0.39 is 0 Å². The first-order chi connectivity index (χ1) is 13.0. The Kier molecular flexibility index (Phi) is 5.34. The Labute approximate surface area is 160 Å². The lowest BCUT2D eigenvalue weighted by Crippen LogP contribution is -2.45. The Morgan fingerprint density at radius 2 is 2.04 bits per heavy atom. The minimum atomic E-state index is -0.236. The average Bonchev–Trinajstić information content (AvgIpc) is 3.03. The molecule has 3 aliphatic heterocycles. The molecule has 2 N–H and O–H groups in total. The van der Waals surface area contributed by atoms with Crippen molar-refractivity contribution >= 4 is 5.91 Å². The molecule has 3 atom stereocenters. The monoisotopic (exact) mass is 374 g/mol. The summed E-state index contributed by atoms with van der Waals surface area (Å²) in [5.74, 6) is -0.236. The molecule has 3 saturated heterocycles. The van der Waals surface area contributed by atoms with Gasteiger partial charge in [-0.05, 0) is 57.8 Å². The second-order valence-corrected chi connectivity index (χ2v) is 8.23. The average molecular weight is 374 g/mol. The molecule has 4 heterocycles. The summed E-state index contributed by atoms with van der Waals surface area (Å²) in [5.41, 5.74) is 0.882. The number of pyridine rings is 1. The van der Waals surface area contributed by atoms with Crippen LogP contribution >= 0.6 is 0 Å². The van der Waals surface area contributed by atoms with Crippen molar-refractivity contribution in [2.45, 2.75) is 57.3 Å². The number of nitrogens with zero attached hydrogens (tertiary/aromatic N) is 2. The third-order valence-electron chi connectivity index (χ3n) is 6.18. The number of hydrogen-bond donors (Lipinski definition) is 2. The van der Waals surface area contributed by atoms with Crippen molar-refractivity contribution in [3.05, 3.63) is 33.7 Å². The summed E-state index contributed by atoms with van der Waals surface area (Å²) in [4.78, 5) is 28.4. The summed E-state index contributed by atoms with van der Waals surface area (Å²) in [6, 6.07) is 2.51. The number of piperidine rings is 1. The van der Waals surface area contributed by atoms with Crippen LogP contribution in [-0.4, -0.2) is 66.3 Å². The predicted octanol–water partition coefficient (Wildman–Crippen LogP) is 0.673. The van der Waals surface area contributed by atoms with Crippen LogP contribution in [0.2, 0.25) is 0 Å².